The average molecular weight is 860 g/mol. The van der Waals surface area contributed by atoms with Crippen LogP contribution in [-0.4, -0.2) is 116 Å². The second kappa shape index (κ2) is 26.0. The van der Waals surface area contributed by atoms with E-state index in [1.54, 1.807) is 29.4 Å². The Labute approximate surface area is 365 Å². The van der Waals surface area contributed by atoms with Gasteiger partial charge in [-0.2, -0.15) is 5.10 Å². The molecule has 4 heterocycles. The molecule has 16 heteroatoms. The summed E-state index contributed by atoms with van der Waals surface area (Å²) in [6.07, 6.45) is 10.3. The monoisotopic (exact) mass is 859 g/mol. The van der Waals surface area contributed by atoms with Crippen LogP contribution in [0.1, 0.15) is 100 Å². The van der Waals surface area contributed by atoms with E-state index in [9.17, 15) is 9.59 Å². The Morgan fingerprint density at radius 1 is 0.968 bits per heavy atom. The van der Waals surface area contributed by atoms with Gasteiger partial charge in [-0.1, -0.05) is 12.1 Å². The number of likely N-dealkylation sites (tertiary alicyclic amines) is 1. The summed E-state index contributed by atoms with van der Waals surface area (Å²) in [4.78, 5) is 43.4. The number of benzene rings is 2. The minimum atomic E-state index is -0.599. The highest BCUT2D eigenvalue weighted by Gasteiger charge is 2.41. The van der Waals surface area contributed by atoms with Crippen molar-refractivity contribution >= 4 is 24.5 Å². The number of rotatable bonds is 19. The zero-order chi connectivity index (χ0) is 44.6. The first-order chi connectivity index (χ1) is 30.0. The van der Waals surface area contributed by atoms with Gasteiger partial charge in [0, 0.05) is 86.8 Å². The fraction of sp³-hybridized carbons (Fsp3) is 0.522. The number of nitrogens with zero attached hydrogens (tertiary/aromatic N) is 4. The molecular weight excluding hydrogens is 795 g/mol. The van der Waals surface area contributed by atoms with Crippen LogP contribution in [0.4, 0.5) is 10.5 Å². The van der Waals surface area contributed by atoms with E-state index in [4.69, 9.17) is 33.5 Å². The van der Waals surface area contributed by atoms with Crippen molar-refractivity contribution in [2.24, 2.45) is 0 Å². The number of hydrogen-bond acceptors (Lipinski definition) is 14. The Morgan fingerprint density at radius 3 is 2.39 bits per heavy atom. The molecule has 338 valence electrons. The van der Waals surface area contributed by atoms with Crippen LogP contribution in [0.5, 0.6) is 11.5 Å². The summed E-state index contributed by atoms with van der Waals surface area (Å²) >= 11 is 0. The summed E-state index contributed by atoms with van der Waals surface area (Å²) in [7, 11) is 3.30. The normalized spacial score (nSPS) is 15.3. The second-order valence-electron chi connectivity index (χ2n) is 15.7. The summed E-state index contributed by atoms with van der Waals surface area (Å²) in [5.74, 6) is 3.15. The van der Waals surface area contributed by atoms with E-state index in [-0.39, 0.29) is 6.09 Å². The number of anilines is 1. The van der Waals surface area contributed by atoms with E-state index in [1.165, 1.54) is 12.7 Å². The summed E-state index contributed by atoms with van der Waals surface area (Å²) in [6, 6.07) is 17.5. The number of fused-ring (bicyclic) bond motifs is 1. The van der Waals surface area contributed by atoms with Gasteiger partial charge in [0.15, 0.2) is 11.6 Å². The minimum Gasteiger partial charge on any atom is -0.494 e. The maximum atomic E-state index is 12.6. The molecule has 1 amide bonds. The number of nitrogens with one attached hydrogen (secondary N) is 3. The third kappa shape index (κ3) is 16.0. The smallest absolute Gasteiger partial charge is 0.410 e. The number of piperidine rings is 1. The van der Waals surface area contributed by atoms with Crippen molar-refractivity contribution in [1.82, 2.24) is 30.4 Å². The highest BCUT2D eigenvalue weighted by atomic mass is 16.6. The minimum absolute atomic E-state index is 0.325. The van der Waals surface area contributed by atoms with Crippen LogP contribution in [0.2, 0.25) is 0 Å². The molecule has 1 saturated heterocycles. The van der Waals surface area contributed by atoms with Crippen molar-refractivity contribution < 1.29 is 42.8 Å². The van der Waals surface area contributed by atoms with Crippen molar-refractivity contribution in [3.63, 3.8) is 0 Å². The molecule has 16 nitrogen and oxygen atoms in total. The Bertz CT molecular complexity index is 1910. The van der Waals surface area contributed by atoms with Crippen LogP contribution in [0.15, 0.2) is 67.0 Å². The molecule has 0 saturated carbocycles. The van der Waals surface area contributed by atoms with Gasteiger partial charge in [0.05, 0.1) is 20.3 Å². The van der Waals surface area contributed by atoms with Crippen molar-refractivity contribution in [2.75, 3.05) is 72.2 Å². The first-order valence-electron chi connectivity index (χ1n) is 21.4. The first-order valence-corrected chi connectivity index (χ1v) is 21.4. The lowest BCUT2D eigenvalue weighted by molar-refractivity contribution is -0.126. The Kier molecular flexibility index (Phi) is 20.6. The lowest BCUT2D eigenvalue weighted by Crippen LogP contribution is -2.50. The summed E-state index contributed by atoms with van der Waals surface area (Å²) < 4.78 is 31.9. The molecule has 1 atom stereocenters. The van der Waals surface area contributed by atoms with Gasteiger partial charge < -0.3 is 44.0 Å². The van der Waals surface area contributed by atoms with Crippen LogP contribution in [0.25, 0.3) is 11.4 Å². The number of carbonyl (C=O) groups excluding carboxylic acids is 3. The molecule has 1 unspecified atom stereocenters. The Hall–Kier alpha value is -5.58. The maximum Gasteiger partial charge on any atom is 0.410 e. The van der Waals surface area contributed by atoms with E-state index < -0.39 is 11.1 Å². The van der Waals surface area contributed by atoms with Gasteiger partial charge in [-0.15, -0.1) is 0 Å². The molecule has 62 heavy (non-hydrogen) atoms. The Morgan fingerprint density at radius 2 is 1.69 bits per heavy atom. The summed E-state index contributed by atoms with van der Waals surface area (Å²) in [5, 5.41) is 14.4. The summed E-state index contributed by atoms with van der Waals surface area (Å²) in [6.45, 7) is 13.6. The number of hydrogen-bond donors (Lipinski definition) is 3. The van der Waals surface area contributed by atoms with Crippen LogP contribution >= 0.6 is 0 Å². The second-order valence-corrected chi connectivity index (χ2v) is 15.7. The lowest BCUT2D eigenvalue weighted by Gasteiger charge is -2.41. The summed E-state index contributed by atoms with van der Waals surface area (Å²) in [5.41, 5.74) is 2.29. The zero-order valence-corrected chi connectivity index (χ0v) is 37.2. The van der Waals surface area contributed by atoms with E-state index in [0.717, 1.165) is 101 Å². The van der Waals surface area contributed by atoms with Gasteiger partial charge in [-0.3, -0.25) is 19.7 Å². The van der Waals surface area contributed by atoms with Gasteiger partial charge in [-0.25, -0.2) is 9.78 Å². The van der Waals surface area contributed by atoms with Crippen molar-refractivity contribution in [3.05, 3.63) is 83.9 Å². The molecule has 2 aromatic heterocycles. The van der Waals surface area contributed by atoms with Gasteiger partial charge in [0.1, 0.15) is 28.9 Å². The van der Waals surface area contributed by atoms with Crippen LogP contribution < -0.4 is 20.1 Å². The quantitative estimate of drug-likeness (QED) is 0.0620. The largest absolute Gasteiger partial charge is 0.494 e. The van der Waals surface area contributed by atoms with E-state index in [0.29, 0.717) is 55.7 Å². The van der Waals surface area contributed by atoms with Crippen LogP contribution in [0, 0.1) is 0 Å². The fourth-order valence-corrected chi connectivity index (χ4v) is 6.84. The van der Waals surface area contributed by atoms with Gasteiger partial charge in [-0.05, 0) is 116 Å². The van der Waals surface area contributed by atoms with Crippen molar-refractivity contribution in [3.8, 4) is 22.9 Å². The number of aldehydes is 1. The molecule has 0 radical (unpaired) electrons. The zero-order valence-electron chi connectivity index (χ0n) is 37.2. The highest BCUT2D eigenvalue weighted by molar-refractivity contribution is 5.77. The van der Waals surface area contributed by atoms with Crippen LogP contribution in [0.3, 0.4) is 0 Å². The number of aromatic nitrogens is 4. The standard InChI is InChI=1S/C24H28N6O3.C20H33NO4.C2H4O2/c1-23(2,3)33-22(32)30-13-9-24(10-14-30,27-19-6-4-5-17(15-19)16-31)21-26-20(28-29-21)18-7-11-25-12-8-18;1-3-22-12-7-13-23-11-5-4-6-14-24-17-8-9-20-18(16-17)19(21-2)10-15-25-20;1-4-2-3/h4-8,11-12,15-16,27H,9-10,13-14H2,1-3H3,(H,26,28,29);8-9,16,19,21H,3-7,10-15H2,1-2H3;2H,1H3. The maximum absolute atomic E-state index is 12.6. The van der Waals surface area contributed by atoms with Crippen molar-refractivity contribution in [2.45, 2.75) is 89.8 Å². The predicted octanol–water partition coefficient (Wildman–Crippen LogP) is 7.53. The molecule has 0 bridgehead atoms. The SMILES string of the molecule is CC(C)(C)OC(=O)N1CCC(Nc2cccc(C=O)c2)(c2nc(-c3ccncc3)n[nH]2)CC1.CCOCCCOCCCCCOc1ccc2c(c1)C(NC)CCO2.COC=O. The molecule has 3 N–H and O–H groups in total. The lowest BCUT2D eigenvalue weighted by atomic mass is 9.86. The number of methoxy groups -OCH3 is 1. The number of H-pyrrole nitrogens is 1. The highest BCUT2D eigenvalue weighted by Crippen LogP contribution is 2.37. The fourth-order valence-electron chi connectivity index (χ4n) is 6.84. The molecule has 2 aromatic carbocycles. The van der Waals surface area contributed by atoms with Gasteiger partial charge in [0.2, 0.25) is 0 Å². The third-order valence-corrected chi connectivity index (χ3v) is 10.0. The number of aromatic amines is 1. The van der Waals surface area contributed by atoms with Gasteiger partial charge in [0.25, 0.3) is 6.47 Å². The number of amides is 1. The molecule has 2 aliphatic heterocycles. The van der Waals surface area contributed by atoms with E-state index >= 15 is 0 Å². The molecule has 2 aliphatic rings. The van der Waals surface area contributed by atoms with Gasteiger partial charge >= 0.3 is 6.09 Å². The topological polar surface area (TPSA) is 188 Å². The molecule has 0 aliphatic carbocycles. The molecular formula is C46H65N7O9. The molecule has 6 rings (SSSR count). The number of unbranched alkanes of at least 4 members (excludes halogenated alkanes) is 2. The van der Waals surface area contributed by atoms with E-state index in [1.807, 2.05) is 71.1 Å². The van der Waals surface area contributed by atoms with E-state index in [2.05, 4.69) is 36.6 Å². The first kappa shape index (κ1) is 49.1. The molecule has 1 fully saturated rings. The van der Waals surface area contributed by atoms with Crippen LogP contribution in [-0.2, 0) is 29.3 Å². The predicted molar refractivity (Wildman–Crippen MR) is 236 cm³/mol. The van der Waals surface area contributed by atoms with Crippen molar-refractivity contribution in [1.29, 1.82) is 0 Å². The number of carbonyl (C=O) groups is 3. The third-order valence-electron chi connectivity index (χ3n) is 10.0. The number of ether oxygens (including phenoxy) is 6. The molecule has 4 aromatic rings. The Balaban J connectivity index is 0.000000259. The number of pyridine rings is 1. The average Bonchev–Trinajstić information content (AvgIpc) is 3.80. The molecule has 0 spiro atoms.